The lowest BCUT2D eigenvalue weighted by atomic mass is 10.0. The first-order valence-corrected chi connectivity index (χ1v) is 13.1. The Morgan fingerprint density at radius 1 is 1.25 bits per heavy atom. The molecular weight excluding hydrogens is 519 g/mol. The minimum Gasteiger partial charge on any atom is -0.469 e. The summed E-state index contributed by atoms with van der Waals surface area (Å²) in [5.74, 6) is -0.140. The summed E-state index contributed by atoms with van der Waals surface area (Å²) < 4.78 is 28.9. The SMILES string of the molecule is CCN1CC(C)(C)Oc2nc(N3CCOCC3C)nc(-c3ccc(NC(=O)Nc4cn(C)cn4)c(F)c3)c2C1=O. The molecule has 0 spiro atoms. The van der Waals surface area contributed by atoms with Crippen LogP contribution in [0.2, 0.25) is 0 Å². The number of anilines is 3. The number of carbonyl (C=O) groups excluding carboxylic acids is 2. The lowest BCUT2D eigenvalue weighted by Gasteiger charge is -2.34. The average Bonchev–Trinajstić information content (AvgIpc) is 3.27. The number of nitrogens with one attached hydrogen (secondary N) is 2. The van der Waals surface area contributed by atoms with Crippen molar-refractivity contribution in [3.63, 3.8) is 0 Å². The highest BCUT2D eigenvalue weighted by Crippen LogP contribution is 2.37. The van der Waals surface area contributed by atoms with Gasteiger partial charge in [-0.25, -0.2) is 19.2 Å². The van der Waals surface area contributed by atoms with Gasteiger partial charge in [-0.1, -0.05) is 6.07 Å². The summed E-state index contributed by atoms with van der Waals surface area (Å²) in [7, 11) is 1.77. The highest BCUT2D eigenvalue weighted by molar-refractivity contribution is 6.03. The number of halogens is 1. The van der Waals surface area contributed by atoms with Crippen molar-refractivity contribution < 1.29 is 23.5 Å². The summed E-state index contributed by atoms with van der Waals surface area (Å²) in [6.45, 7) is 10.0. The lowest BCUT2D eigenvalue weighted by molar-refractivity contribution is 0.0541. The number of urea groups is 1. The van der Waals surface area contributed by atoms with Crippen LogP contribution in [0.5, 0.6) is 5.88 Å². The van der Waals surface area contributed by atoms with E-state index in [-0.39, 0.29) is 34.8 Å². The topological polar surface area (TPSA) is 127 Å². The predicted octanol–water partition coefficient (Wildman–Crippen LogP) is 3.52. The first-order valence-electron chi connectivity index (χ1n) is 13.1. The van der Waals surface area contributed by atoms with E-state index in [2.05, 4.69) is 15.6 Å². The molecule has 13 heteroatoms. The second-order valence-corrected chi connectivity index (χ2v) is 10.5. The first-order chi connectivity index (χ1) is 19.0. The summed E-state index contributed by atoms with van der Waals surface area (Å²) in [5.41, 5.74) is 0.0180. The molecule has 1 aromatic carbocycles. The molecule has 0 bridgehead atoms. The van der Waals surface area contributed by atoms with E-state index in [1.54, 1.807) is 28.8 Å². The molecule has 3 amide bonds. The molecule has 2 aromatic heterocycles. The van der Waals surface area contributed by atoms with Crippen LogP contribution < -0.4 is 20.3 Å². The number of benzene rings is 1. The van der Waals surface area contributed by atoms with Gasteiger partial charge in [0, 0.05) is 31.9 Å². The normalized spacial score (nSPS) is 18.6. The molecule has 0 aliphatic carbocycles. The summed E-state index contributed by atoms with van der Waals surface area (Å²) in [5, 5.41) is 5.05. The van der Waals surface area contributed by atoms with Crippen LogP contribution in [0.1, 0.15) is 38.1 Å². The van der Waals surface area contributed by atoms with Crippen molar-refractivity contribution in [1.29, 1.82) is 0 Å². The first kappa shape index (κ1) is 27.3. The molecule has 3 aromatic rings. The van der Waals surface area contributed by atoms with Gasteiger partial charge in [0.25, 0.3) is 5.91 Å². The quantitative estimate of drug-likeness (QED) is 0.492. The third kappa shape index (κ3) is 5.55. The smallest absolute Gasteiger partial charge is 0.324 e. The molecule has 5 rings (SSSR count). The molecule has 2 aliphatic heterocycles. The van der Waals surface area contributed by atoms with Crippen LogP contribution in [0.3, 0.4) is 0 Å². The number of morpholine rings is 1. The maximum Gasteiger partial charge on any atom is 0.324 e. The van der Waals surface area contributed by atoms with Crippen LogP contribution in [0, 0.1) is 5.82 Å². The second kappa shape index (κ2) is 10.7. The minimum absolute atomic E-state index is 0.0118. The van der Waals surface area contributed by atoms with E-state index in [1.165, 1.54) is 18.5 Å². The van der Waals surface area contributed by atoms with E-state index in [0.29, 0.717) is 50.2 Å². The number of imidazole rings is 1. The highest BCUT2D eigenvalue weighted by atomic mass is 19.1. The molecular formula is C27H33FN8O4. The average molecular weight is 553 g/mol. The number of hydrogen-bond donors (Lipinski definition) is 2. The van der Waals surface area contributed by atoms with Gasteiger partial charge in [-0.15, -0.1) is 0 Å². The van der Waals surface area contributed by atoms with Gasteiger partial charge in [0.15, 0.2) is 5.82 Å². The number of ether oxygens (including phenoxy) is 2. The number of aromatic nitrogens is 4. The summed E-state index contributed by atoms with van der Waals surface area (Å²) in [6, 6.07) is 3.62. The third-order valence-electron chi connectivity index (χ3n) is 6.75. The molecule has 40 heavy (non-hydrogen) atoms. The maximum absolute atomic E-state index is 15.4. The Morgan fingerprint density at radius 3 is 2.73 bits per heavy atom. The van der Waals surface area contributed by atoms with E-state index in [9.17, 15) is 9.59 Å². The molecule has 4 heterocycles. The van der Waals surface area contributed by atoms with Gasteiger partial charge in [-0.3, -0.25) is 10.1 Å². The van der Waals surface area contributed by atoms with Crippen molar-refractivity contribution >= 4 is 29.4 Å². The van der Waals surface area contributed by atoms with Gasteiger partial charge in [-0.2, -0.15) is 4.98 Å². The fraction of sp³-hybridized carbons (Fsp3) is 0.444. The number of amides is 3. The van der Waals surface area contributed by atoms with Crippen LogP contribution in [-0.2, 0) is 11.8 Å². The van der Waals surface area contributed by atoms with Crippen molar-refractivity contribution in [2.75, 3.05) is 48.4 Å². The van der Waals surface area contributed by atoms with E-state index in [1.807, 2.05) is 32.6 Å². The number of aryl methyl sites for hydroxylation is 1. The Kier molecular flexibility index (Phi) is 7.32. The number of carbonyl (C=O) groups is 2. The van der Waals surface area contributed by atoms with Crippen molar-refractivity contribution in [3.05, 3.63) is 42.1 Å². The van der Waals surface area contributed by atoms with Gasteiger partial charge in [-0.05, 0) is 39.8 Å². The van der Waals surface area contributed by atoms with Crippen LogP contribution in [-0.4, -0.2) is 80.8 Å². The van der Waals surface area contributed by atoms with Crippen LogP contribution in [0.25, 0.3) is 11.3 Å². The minimum atomic E-state index is -0.712. The number of nitrogens with zero attached hydrogens (tertiary/aromatic N) is 6. The van der Waals surface area contributed by atoms with Crippen molar-refractivity contribution in [2.24, 2.45) is 7.05 Å². The monoisotopic (exact) mass is 552 g/mol. The molecule has 0 saturated carbocycles. The fourth-order valence-corrected chi connectivity index (χ4v) is 4.81. The number of hydrogen-bond acceptors (Lipinski definition) is 8. The largest absolute Gasteiger partial charge is 0.469 e. The third-order valence-corrected chi connectivity index (χ3v) is 6.75. The Hall–Kier alpha value is -4.26. The molecule has 2 N–H and O–H groups in total. The molecule has 1 atom stereocenters. The molecule has 212 valence electrons. The Morgan fingerprint density at radius 2 is 2.05 bits per heavy atom. The maximum atomic E-state index is 15.4. The number of likely N-dealkylation sites (N-methyl/N-ethyl adjacent to an activating group) is 1. The van der Waals surface area contributed by atoms with Crippen LogP contribution in [0.15, 0.2) is 30.7 Å². The molecule has 2 aliphatic rings. The number of rotatable bonds is 5. The van der Waals surface area contributed by atoms with Crippen molar-refractivity contribution in [2.45, 2.75) is 39.3 Å². The lowest BCUT2D eigenvalue weighted by Crippen LogP contribution is -2.44. The van der Waals surface area contributed by atoms with E-state index < -0.39 is 17.4 Å². The van der Waals surface area contributed by atoms with Gasteiger partial charge in [0.2, 0.25) is 11.8 Å². The van der Waals surface area contributed by atoms with Crippen molar-refractivity contribution in [3.8, 4) is 17.1 Å². The van der Waals surface area contributed by atoms with Crippen molar-refractivity contribution in [1.82, 2.24) is 24.4 Å². The van der Waals surface area contributed by atoms with Crippen LogP contribution >= 0.6 is 0 Å². The second-order valence-electron chi connectivity index (χ2n) is 10.5. The van der Waals surface area contributed by atoms with E-state index in [0.717, 1.165) is 0 Å². The van der Waals surface area contributed by atoms with Gasteiger partial charge in [0.1, 0.15) is 17.0 Å². The summed E-state index contributed by atoms with van der Waals surface area (Å²) in [6.07, 6.45) is 3.15. The molecule has 1 unspecified atom stereocenters. The fourth-order valence-electron chi connectivity index (χ4n) is 4.81. The highest BCUT2D eigenvalue weighted by Gasteiger charge is 2.38. The van der Waals surface area contributed by atoms with E-state index >= 15 is 4.39 Å². The number of fused-ring (bicyclic) bond motifs is 1. The Labute approximate surface area is 231 Å². The molecule has 1 saturated heterocycles. The van der Waals surface area contributed by atoms with E-state index in [4.69, 9.17) is 19.4 Å². The van der Waals surface area contributed by atoms with Gasteiger partial charge < -0.3 is 29.2 Å². The molecule has 1 fully saturated rings. The van der Waals surface area contributed by atoms with Gasteiger partial charge >= 0.3 is 6.03 Å². The summed E-state index contributed by atoms with van der Waals surface area (Å²) in [4.78, 5) is 43.3. The summed E-state index contributed by atoms with van der Waals surface area (Å²) >= 11 is 0. The zero-order valence-electron chi connectivity index (χ0n) is 23.2. The molecule has 0 radical (unpaired) electrons. The molecule has 12 nitrogen and oxygen atoms in total. The van der Waals surface area contributed by atoms with Crippen LogP contribution in [0.4, 0.5) is 26.6 Å². The predicted molar refractivity (Wildman–Crippen MR) is 147 cm³/mol. The Bertz CT molecular complexity index is 1440. The van der Waals surface area contributed by atoms with Gasteiger partial charge in [0.05, 0.1) is 43.5 Å². The standard InChI is InChI=1S/C27H33FN8O4/c1-6-35-14-27(3,4)40-23-21(24(35)37)22(32-25(33-23)36-9-10-39-13-16(36)2)17-7-8-19(18(28)11-17)30-26(38)31-20-12-34(5)15-29-20/h7-8,11-12,15-16H,6,9-10,13-14H2,1-5H3,(H2,30,31,38). The zero-order chi connectivity index (χ0) is 28.6. The zero-order valence-corrected chi connectivity index (χ0v) is 23.2. The Balaban J connectivity index is 1.55.